The van der Waals surface area contributed by atoms with Gasteiger partial charge in [-0.15, -0.1) is 0 Å². The number of allylic oxidation sites excluding steroid dienone is 2. The van der Waals surface area contributed by atoms with Crippen molar-refractivity contribution in [2.24, 2.45) is 41.4 Å². The first-order valence-electron chi connectivity index (χ1n) is 11.1. The maximum absolute atomic E-state index is 13.3. The number of likely N-dealkylation sites (tertiary alicyclic amines) is 1. The van der Waals surface area contributed by atoms with Gasteiger partial charge in [0.1, 0.15) is 0 Å². The third kappa shape index (κ3) is 2.64. The third-order valence-electron chi connectivity index (χ3n) is 8.26. The molecular formula is C24H25ClN2O3. The molecule has 0 spiro atoms. The van der Waals surface area contributed by atoms with Gasteiger partial charge in [0.15, 0.2) is 0 Å². The highest BCUT2D eigenvalue weighted by molar-refractivity contribution is 6.33. The number of carbonyl (C=O) groups excluding carboxylic acids is 3. The monoisotopic (exact) mass is 424 g/mol. The second kappa shape index (κ2) is 6.68. The molecule has 6 aliphatic rings. The lowest BCUT2D eigenvalue weighted by molar-refractivity contribution is -0.144. The molecule has 2 bridgehead atoms. The summed E-state index contributed by atoms with van der Waals surface area (Å²) in [5.41, 5.74) is 0.627. The molecule has 5 nitrogen and oxygen atoms in total. The van der Waals surface area contributed by atoms with Gasteiger partial charge < -0.3 is 5.32 Å². The lowest BCUT2D eigenvalue weighted by atomic mass is 9.63. The van der Waals surface area contributed by atoms with E-state index in [2.05, 4.69) is 17.5 Å². The summed E-state index contributed by atoms with van der Waals surface area (Å²) in [6, 6.07) is 7.16. The van der Waals surface area contributed by atoms with Gasteiger partial charge in [0.05, 0.1) is 22.5 Å². The summed E-state index contributed by atoms with van der Waals surface area (Å²) < 4.78 is 0. The Hall–Kier alpha value is -2.14. The molecule has 6 atom stereocenters. The van der Waals surface area contributed by atoms with E-state index in [1.54, 1.807) is 17.0 Å². The summed E-state index contributed by atoms with van der Waals surface area (Å²) in [5, 5.41) is 3.45. The summed E-state index contributed by atoms with van der Waals surface area (Å²) in [6.07, 6.45) is 8.38. The smallest absolute Gasteiger partial charge is 0.233 e. The Morgan fingerprint density at radius 3 is 2.13 bits per heavy atom. The van der Waals surface area contributed by atoms with Crippen molar-refractivity contribution in [1.29, 1.82) is 0 Å². The van der Waals surface area contributed by atoms with Crippen molar-refractivity contribution in [2.75, 3.05) is 5.32 Å². The molecule has 156 valence electrons. The first-order chi connectivity index (χ1) is 14.5. The largest absolute Gasteiger partial charge is 0.325 e. The molecular weight excluding hydrogens is 400 g/mol. The minimum absolute atomic E-state index is 0.0309. The molecule has 3 saturated carbocycles. The number of halogens is 1. The maximum atomic E-state index is 13.3. The van der Waals surface area contributed by atoms with Crippen LogP contribution in [0.3, 0.4) is 0 Å². The van der Waals surface area contributed by atoms with E-state index in [1.165, 1.54) is 6.42 Å². The Bertz CT molecular complexity index is 931. The fourth-order valence-corrected chi connectivity index (χ4v) is 6.92. The lowest BCUT2D eigenvalue weighted by Crippen LogP contribution is -2.44. The summed E-state index contributed by atoms with van der Waals surface area (Å²) in [4.78, 5) is 40.8. The van der Waals surface area contributed by atoms with E-state index in [0.29, 0.717) is 48.2 Å². The molecule has 4 fully saturated rings. The molecule has 0 unspecified atom stereocenters. The zero-order chi connectivity index (χ0) is 20.6. The Morgan fingerprint density at radius 2 is 1.53 bits per heavy atom. The van der Waals surface area contributed by atoms with Crippen LogP contribution in [0, 0.1) is 41.4 Å². The van der Waals surface area contributed by atoms with E-state index in [0.717, 1.165) is 0 Å². The van der Waals surface area contributed by atoms with E-state index in [-0.39, 0.29) is 53.4 Å². The predicted octanol–water partition coefficient (Wildman–Crippen LogP) is 3.89. The van der Waals surface area contributed by atoms with E-state index in [1.807, 2.05) is 12.1 Å². The molecule has 1 heterocycles. The highest BCUT2D eigenvalue weighted by Gasteiger charge is 2.67. The van der Waals surface area contributed by atoms with Gasteiger partial charge in [0.2, 0.25) is 17.7 Å². The zero-order valence-corrected chi connectivity index (χ0v) is 17.4. The first-order valence-corrected chi connectivity index (χ1v) is 11.5. The van der Waals surface area contributed by atoms with Crippen LogP contribution in [-0.4, -0.2) is 28.7 Å². The number of amides is 3. The zero-order valence-electron chi connectivity index (χ0n) is 16.7. The van der Waals surface area contributed by atoms with Crippen LogP contribution in [0.1, 0.15) is 32.1 Å². The van der Waals surface area contributed by atoms with Crippen molar-refractivity contribution >= 4 is 35.0 Å². The summed E-state index contributed by atoms with van der Waals surface area (Å²) in [7, 11) is 0. The standard InChI is InChI=1S/C24H25ClN2O3/c25-18-3-1-2-4-19(18)26-22(28)12-5-7-13(8-6-12)27-23(29)20-14-9-10-15(17-11-16(14)17)21(20)24(27)30/h1-4,9-10,12-17,20-21H,5-8,11H2,(H,26,28)/t12?,13?,14-,15-,16-,17-,20-,21+/m0/s1. The average Bonchev–Trinajstić information content (AvgIpc) is 3.53. The van der Waals surface area contributed by atoms with Crippen molar-refractivity contribution in [3.63, 3.8) is 0 Å². The lowest BCUT2D eigenvalue weighted by Gasteiger charge is -2.37. The van der Waals surface area contributed by atoms with Gasteiger partial charge in [-0.1, -0.05) is 35.9 Å². The van der Waals surface area contributed by atoms with Crippen LogP contribution in [0.4, 0.5) is 5.69 Å². The van der Waals surface area contributed by atoms with Gasteiger partial charge in [-0.25, -0.2) is 0 Å². The average molecular weight is 425 g/mol. The number of rotatable bonds is 3. The number of hydrogen-bond acceptors (Lipinski definition) is 3. The molecule has 7 rings (SSSR count). The van der Waals surface area contributed by atoms with Crippen LogP contribution in [0.15, 0.2) is 36.4 Å². The second-order valence-corrected chi connectivity index (χ2v) is 10.1. The van der Waals surface area contributed by atoms with E-state index < -0.39 is 0 Å². The number of hydrogen-bond donors (Lipinski definition) is 1. The number of para-hydroxylation sites is 1. The molecule has 1 saturated heterocycles. The van der Waals surface area contributed by atoms with Gasteiger partial charge in [0, 0.05) is 12.0 Å². The second-order valence-electron chi connectivity index (χ2n) is 9.68. The molecule has 0 aromatic heterocycles. The topological polar surface area (TPSA) is 66.5 Å². The summed E-state index contributed by atoms with van der Waals surface area (Å²) in [5.74, 6) is 1.50. The van der Waals surface area contributed by atoms with Crippen molar-refractivity contribution in [3.8, 4) is 0 Å². The maximum Gasteiger partial charge on any atom is 0.233 e. The quantitative estimate of drug-likeness (QED) is 0.591. The van der Waals surface area contributed by atoms with Crippen molar-refractivity contribution in [2.45, 2.75) is 38.1 Å². The number of imide groups is 1. The molecule has 1 aromatic carbocycles. The van der Waals surface area contributed by atoms with Crippen LogP contribution >= 0.6 is 11.6 Å². The SMILES string of the molecule is O=C(Nc1ccccc1Cl)C1CCC(N2C(=O)[C@@H]3[C@H]4C=C[C@@H]([C@@H]5C[C@@H]45)[C@@H]3C2=O)CC1. The fourth-order valence-electron chi connectivity index (χ4n) is 6.73. The minimum atomic E-state index is -0.127. The van der Waals surface area contributed by atoms with Crippen molar-refractivity contribution in [3.05, 3.63) is 41.4 Å². The van der Waals surface area contributed by atoms with Crippen LogP contribution in [0.5, 0.6) is 0 Å². The van der Waals surface area contributed by atoms with Crippen LogP contribution in [0.25, 0.3) is 0 Å². The minimum Gasteiger partial charge on any atom is -0.325 e. The summed E-state index contributed by atoms with van der Waals surface area (Å²) in [6.45, 7) is 0. The molecule has 1 N–H and O–H groups in total. The highest BCUT2D eigenvalue weighted by atomic mass is 35.5. The van der Waals surface area contributed by atoms with Gasteiger partial charge in [-0.05, 0) is 67.9 Å². The van der Waals surface area contributed by atoms with Crippen LogP contribution < -0.4 is 5.32 Å². The van der Waals surface area contributed by atoms with Gasteiger partial charge in [-0.2, -0.15) is 0 Å². The molecule has 5 aliphatic carbocycles. The fraction of sp³-hybridized carbons (Fsp3) is 0.542. The molecule has 0 radical (unpaired) electrons. The number of nitrogens with one attached hydrogen (secondary N) is 1. The Kier molecular flexibility index (Phi) is 4.14. The van der Waals surface area contributed by atoms with E-state index in [4.69, 9.17) is 11.6 Å². The van der Waals surface area contributed by atoms with E-state index >= 15 is 0 Å². The molecule has 30 heavy (non-hydrogen) atoms. The Labute approximate surface area is 180 Å². The van der Waals surface area contributed by atoms with Crippen molar-refractivity contribution in [1.82, 2.24) is 4.90 Å². The number of nitrogens with zero attached hydrogens (tertiary/aromatic N) is 1. The molecule has 3 amide bonds. The number of benzene rings is 1. The predicted molar refractivity (Wildman–Crippen MR) is 112 cm³/mol. The number of carbonyl (C=O) groups is 3. The van der Waals surface area contributed by atoms with Gasteiger partial charge >= 0.3 is 0 Å². The molecule has 1 aromatic rings. The van der Waals surface area contributed by atoms with Crippen molar-refractivity contribution < 1.29 is 14.4 Å². The first kappa shape index (κ1) is 18.6. The normalized spacial score (nSPS) is 40.9. The Morgan fingerprint density at radius 1 is 0.933 bits per heavy atom. The van der Waals surface area contributed by atoms with Crippen LogP contribution in [-0.2, 0) is 14.4 Å². The third-order valence-corrected chi connectivity index (χ3v) is 8.59. The number of anilines is 1. The van der Waals surface area contributed by atoms with Gasteiger partial charge in [0.25, 0.3) is 0 Å². The summed E-state index contributed by atoms with van der Waals surface area (Å²) >= 11 is 6.15. The molecule has 6 heteroatoms. The van der Waals surface area contributed by atoms with Gasteiger partial charge in [-0.3, -0.25) is 19.3 Å². The van der Waals surface area contributed by atoms with E-state index in [9.17, 15) is 14.4 Å². The molecule has 1 aliphatic heterocycles. The highest BCUT2D eigenvalue weighted by Crippen LogP contribution is 2.65. The Balaban J connectivity index is 1.12. The van der Waals surface area contributed by atoms with Crippen LogP contribution in [0.2, 0.25) is 5.02 Å².